The van der Waals surface area contributed by atoms with Crippen molar-refractivity contribution < 1.29 is 42.9 Å². The molecule has 11 rings (SSSR count). The normalized spacial score (nSPS) is 13.1. The van der Waals surface area contributed by atoms with Crippen LogP contribution < -0.4 is 18.9 Å². The molecule has 9 aromatic carbocycles. The molecule has 420 valence electrons. The Morgan fingerprint density at radius 3 is 0.915 bits per heavy atom. The van der Waals surface area contributed by atoms with E-state index in [-0.39, 0.29) is 29.2 Å². The lowest BCUT2D eigenvalue weighted by molar-refractivity contribution is 0.0389. The Kier molecular flexibility index (Phi) is 16.9. The zero-order valence-electron chi connectivity index (χ0n) is 48.1. The van der Waals surface area contributed by atoms with Gasteiger partial charge in [-0.25, -0.2) is 9.59 Å². The van der Waals surface area contributed by atoms with Crippen LogP contribution in [0.3, 0.4) is 0 Å². The maximum atomic E-state index is 15.5. The Hall–Kier alpha value is -8.24. The molecule has 0 saturated carbocycles. The van der Waals surface area contributed by atoms with Crippen molar-refractivity contribution in [2.24, 2.45) is 0 Å². The van der Waals surface area contributed by atoms with Gasteiger partial charge in [-0.15, -0.1) is 0 Å². The lowest BCUT2D eigenvalue weighted by Crippen LogP contribution is -2.41. The third-order valence-electron chi connectivity index (χ3n) is 16.4. The van der Waals surface area contributed by atoms with Crippen LogP contribution in [0.2, 0.25) is 0 Å². The highest BCUT2D eigenvalue weighted by Crippen LogP contribution is 2.58. The molecule has 0 N–H and O–H groups in total. The van der Waals surface area contributed by atoms with Crippen LogP contribution in [0.5, 0.6) is 46.0 Å². The number of rotatable bonds is 27. The first kappa shape index (κ1) is 55.7. The van der Waals surface area contributed by atoms with Gasteiger partial charge in [0.1, 0.15) is 46.0 Å². The first-order valence-corrected chi connectivity index (χ1v) is 30.2. The van der Waals surface area contributed by atoms with E-state index in [1.54, 1.807) is 24.3 Å². The Morgan fingerprint density at radius 2 is 0.598 bits per heavy atom. The van der Waals surface area contributed by atoms with E-state index in [2.05, 4.69) is 58.9 Å². The highest BCUT2D eigenvalue weighted by atomic mass is 16.6. The SMILES string of the molecule is CCCCCCCCN1C(=O)c2cc(Oc3ccc(CCCC)cc3)c3c4c(Oc5ccc(CCCC)cc5)cc5c6c(cc(Oc7ccc(CCCC)cc7)c(c7c(Oc8ccc(CCCC)cc8)cc(c2c37)C1=O)c64)C(=O)OC5=O. The fourth-order valence-electron chi connectivity index (χ4n) is 11.9. The topological polar surface area (TPSA) is 118 Å². The van der Waals surface area contributed by atoms with Crippen LogP contribution in [0.4, 0.5) is 0 Å². The van der Waals surface area contributed by atoms with E-state index in [0.717, 1.165) is 120 Å². The van der Waals surface area contributed by atoms with Crippen LogP contribution in [-0.2, 0) is 30.4 Å². The fourth-order valence-corrected chi connectivity index (χ4v) is 11.9. The summed E-state index contributed by atoms with van der Waals surface area (Å²) in [6.45, 7) is 11.1. The van der Waals surface area contributed by atoms with Crippen LogP contribution in [0.15, 0.2) is 121 Å². The Labute approximate surface area is 481 Å². The number of ether oxygens (including phenoxy) is 5. The van der Waals surface area contributed by atoms with E-state index >= 15 is 9.59 Å². The molecular weight excluding hydrogens is 1020 g/mol. The number of imide groups is 1. The van der Waals surface area contributed by atoms with Gasteiger partial charge in [-0.2, -0.15) is 0 Å². The number of carbonyl (C=O) groups is 4. The summed E-state index contributed by atoms with van der Waals surface area (Å²) in [5, 5.41) is 3.63. The number of cyclic esters (lactones) is 2. The molecule has 0 saturated heterocycles. The van der Waals surface area contributed by atoms with E-state index in [0.29, 0.717) is 95.1 Å². The molecule has 0 spiro atoms. The van der Waals surface area contributed by atoms with Crippen molar-refractivity contribution in [3.8, 4) is 46.0 Å². The fraction of sp³-hybridized carbons (Fsp3) is 0.333. The molecule has 0 bridgehead atoms. The molecule has 2 heterocycles. The van der Waals surface area contributed by atoms with Crippen molar-refractivity contribution in [1.29, 1.82) is 0 Å². The standard InChI is InChI=1S/C72H73NO9/c1-6-11-16-17-18-19-40-73-69(74)53-41-57(78-49-32-24-45(25-33-49)20-12-7-2)63-65-59(80-51-36-28-47(29-37-51)22-14-9-4)43-55-62-56(72(77)82-71(55)76)44-60(81-52-38-30-48(31-39-52)23-15-10-5)66(68(62)65)64-58(42-54(70(73)75)61(53)67(63)64)79-50-34-26-46(27-35-50)21-13-8-3/h24-39,41-44H,6-23,40H2,1-5H3. The van der Waals surface area contributed by atoms with Gasteiger partial charge >= 0.3 is 11.9 Å². The van der Waals surface area contributed by atoms with E-state index in [1.165, 1.54) is 16.0 Å². The van der Waals surface area contributed by atoms with Crippen molar-refractivity contribution in [1.82, 2.24) is 4.90 Å². The van der Waals surface area contributed by atoms with Crippen LogP contribution in [0.1, 0.15) is 188 Å². The van der Waals surface area contributed by atoms with Gasteiger partial charge in [-0.3, -0.25) is 14.5 Å². The van der Waals surface area contributed by atoms with Gasteiger partial charge in [-0.1, -0.05) is 141 Å². The van der Waals surface area contributed by atoms with Crippen molar-refractivity contribution in [2.75, 3.05) is 6.54 Å². The summed E-state index contributed by atoms with van der Waals surface area (Å²) in [7, 11) is 0. The molecule has 0 aliphatic carbocycles. The van der Waals surface area contributed by atoms with Crippen LogP contribution in [-0.4, -0.2) is 35.2 Å². The maximum Gasteiger partial charge on any atom is 0.346 e. The van der Waals surface area contributed by atoms with Crippen molar-refractivity contribution in [3.05, 3.63) is 166 Å². The third kappa shape index (κ3) is 11.1. The maximum absolute atomic E-state index is 15.5. The minimum atomic E-state index is -0.830. The highest BCUT2D eigenvalue weighted by molar-refractivity contribution is 6.44. The summed E-state index contributed by atoms with van der Waals surface area (Å²) in [5.41, 5.74) is 5.48. The lowest BCUT2D eigenvalue weighted by atomic mass is 9.81. The summed E-state index contributed by atoms with van der Waals surface area (Å²) in [5.74, 6) is 0.650. The molecule has 0 atom stereocenters. The number of benzene rings is 9. The largest absolute Gasteiger partial charge is 0.457 e. The Bertz CT molecular complexity index is 3590. The highest BCUT2D eigenvalue weighted by Gasteiger charge is 2.40. The summed E-state index contributed by atoms with van der Waals surface area (Å²) >= 11 is 0. The number of aryl methyl sites for hydroxylation is 4. The number of unbranched alkanes of at least 4 members (excludes halogenated alkanes) is 9. The van der Waals surface area contributed by atoms with Crippen molar-refractivity contribution >= 4 is 66.8 Å². The molecule has 0 fully saturated rings. The second kappa shape index (κ2) is 24.9. The molecule has 2 aliphatic heterocycles. The Morgan fingerprint density at radius 1 is 0.317 bits per heavy atom. The minimum Gasteiger partial charge on any atom is -0.457 e. The van der Waals surface area contributed by atoms with Gasteiger partial charge in [0.05, 0.1) is 22.3 Å². The number of hydrogen-bond donors (Lipinski definition) is 0. The zero-order chi connectivity index (χ0) is 56.9. The minimum absolute atomic E-state index is 0.121. The van der Waals surface area contributed by atoms with Crippen molar-refractivity contribution in [2.45, 2.75) is 150 Å². The van der Waals surface area contributed by atoms with Gasteiger partial charge in [0.15, 0.2) is 0 Å². The van der Waals surface area contributed by atoms with Crippen LogP contribution in [0, 0.1) is 0 Å². The third-order valence-corrected chi connectivity index (χ3v) is 16.4. The second-order valence-electron chi connectivity index (χ2n) is 22.3. The molecular formula is C72H73NO9. The van der Waals surface area contributed by atoms with Gasteiger partial charge in [0, 0.05) is 49.6 Å². The molecule has 10 nitrogen and oxygen atoms in total. The van der Waals surface area contributed by atoms with Gasteiger partial charge in [0.25, 0.3) is 11.8 Å². The van der Waals surface area contributed by atoms with E-state index < -0.39 is 23.8 Å². The summed E-state index contributed by atoms with van der Waals surface area (Å²) in [6, 6.07) is 38.7. The zero-order valence-corrected chi connectivity index (χ0v) is 48.1. The molecule has 82 heavy (non-hydrogen) atoms. The summed E-state index contributed by atoms with van der Waals surface area (Å²) in [6.07, 6.45) is 17.9. The number of esters is 2. The number of amides is 2. The van der Waals surface area contributed by atoms with E-state index in [4.69, 9.17) is 23.7 Å². The van der Waals surface area contributed by atoms with Crippen molar-refractivity contribution in [3.63, 3.8) is 0 Å². The molecule has 2 amide bonds. The number of nitrogens with zero attached hydrogens (tertiary/aromatic N) is 1. The smallest absolute Gasteiger partial charge is 0.346 e. The van der Waals surface area contributed by atoms with Crippen LogP contribution >= 0.6 is 0 Å². The molecule has 10 heteroatoms. The predicted octanol–water partition coefficient (Wildman–Crippen LogP) is 19.5. The molecule has 0 aromatic heterocycles. The van der Waals surface area contributed by atoms with Gasteiger partial charge < -0.3 is 23.7 Å². The van der Waals surface area contributed by atoms with E-state index in [9.17, 15) is 9.59 Å². The molecule has 0 radical (unpaired) electrons. The molecule has 9 aromatic rings. The first-order valence-electron chi connectivity index (χ1n) is 30.2. The second-order valence-corrected chi connectivity index (χ2v) is 22.3. The van der Waals surface area contributed by atoms with E-state index in [1.807, 2.05) is 72.8 Å². The van der Waals surface area contributed by atoms with Crippen LogP contribution in [0.25, 0.3) is 43.1 Å². The quantitative estimate of drug-likeness (QED) is 0.0124. The van der Waals surface area contributed by atoms with Gasteiger partial charge in [0.2, 0.25) is 0 Å². The molecule has 0 unspecified atom stereocenters. The molecule has 2 aliphatic rings. The Balaban J connectivity index is 1.27. The monoisotopic (exact) mass is 1100 g/mol. The number of fused-ring (bicyclic) bond motifs is 2. The average Bonchev–Trinajstić information content (AvgIpc) is 0.904. The average molecular weight is 1100 g/mol. The first-order chi connectivity index (χ1) is 40.1. The summed E-state index contributed by atoms with van der Waals surface area (Å²) in [4.78, 5) is 61.1. The lowest BCUT2D eigenvalue weighted by Gasteiger charge is -2.31. The predicted molar refractivity (Wildman–Crippen MR) is 327 cm³/mol. The number of carbonyl (C=O) groups excluding carboxylic acids is 4. The summed E-state index contributed by atoms with van der Waals surface area (Å²) < 4.78 is 34.1. The van der Waals surface area contributed by atoms with Gasteiger partial charge in [-0.05, 0) is 153 Å². The number of hydrogen-bond acceptors (Lipinski definition) is 9.